The fourth-order valence-corrected chi connectivity index (χ4v) is 4.24. The zero-order chi connectivity index (χ0) is 20.3. The number of hydrazine groups is 1. The van der Waals surface area contributed by atoms with Gasteiger partial charge in [0.05, 0.1) is 4.90 Å². The molecule has 0 saturated heterocycles. The molecule has 28 heavy (non-hydrogen) atoms. The summed E-state index contributed by atoms with van der Waals surface area (Å²) in [7, 11) is -3.86. The second kappa shape index (κ2) is 8.22. The molecular formula is C20H21N3O3S2. The van der Waals surface area contributed by atoms with Crippen LogP contribution in [0.3, 0.4) is 0 Å². The lowest BCUT2D eigenvalue weighted by molar-refractivity contribution is 0.0941. The highest BCUT2D eigenvalue weighted by molar-refractivity contribution is 7.89. The minimum Gasteiger partial charge on any atom is -0.272 e. The number of rotatable bonds is 6. The summed E-state index contributed by atoms with van der Waals surface area (Å²) < 4.78 is 24.7. The number of hydrogen-bond donors (Lipinski definition) is 2. The predicted molar refractivity (Wildman–Crippen MR) is 111 cm³/mol. The Hall–Kier alpha value is -2.55. The molecular weight excluding hydrogens is 394 g/mol. The van der Waals surface area contributed by atoms with Gasteiger partial charge in [-0.25, -0.2) is 13.4 Å². The summed E-state index contributed by atoms with van der Waals surface area (Å²) in [5.41, 5.74) is 6.36. The fourth-order valence-electron chi connectivity index (χ4n) is 2.51. The average Bonchev–Trinajstić information content (AvgIpc) is 3.18. The zero-order valence-electron chi connectivity index (χ0n) is 15.8. The number of benzene rings is 2. The van der Waals surface area contributed by atoms with Gasteiger partial charge in [0, 0.05) is 10.9 Å². The van der Waals surface area contributed by atoms with Gasteiger partial charge >= 0.3 is 0 Å². The highest BCUT2D eigenvalue weighted by Crippen LogP contribution is 2.24. The molecule has 0 spiro atoms. The van der Waals surface area contributed by atoms with Gasteiger partial charge in [-0.15, -0.1) is 16.2 Å². The van der Waals surface area contributed by atoms with Crippen molar-refractivity contribution in [3.05, 3.63) is 70.2 Å². The maximum absolute atomic E-state index is 12.4. The molecule has 0 aliphatic heterocycles. The molecule has 8 heteroatoms. The first-order valence-electron chi connectivity index (χ1n) is 8.74. The van der Waals surface area contributed by atoms with Crippen molar-refractivity contribution < 1.29 is 13.2 Å². The summed E-state index contributed by atoms with van der Waals surface area (Å²) in [6.07, 6.45) is 0.951. The number of amides is 1. The second-order valence-corrected chi connectivity index (χ2v) is 8.93. The normalized spacial score (nSPS) is 11.4. The standard InChI is InChI=1S/C20H21N3O3S2/c1-4-15-6-8-16(9-7-15)20-21-18(12-27-20)19(24)22-23-28(25,26)17-10-5-13(2)14(3)11-17/h5-12,23H,4H2,1-3H3,(H,22,24). The lowest BCUT2D eigenvalue weighted by Gasteiger charge is -2.09. The minimum atomic E-state index is -3.86. The lowest BCUT2D eigenvalue weighted by atomic mass is 10.1. The first-order valence-corrected chi connectivity index (χ1v) is 11.1. The first-order chi connectivity index (χ1) is 13.3. The van der Waals surface area contributed by atoms with Gasteiger partial charge < -0.3 is 0 Å². The Labute approximate surface area is 168 Å². The first kappa shape index (κ1) is 20.2. The van der Waals surface area contributed by atoms with Crippen molar-refractivity contribution >= 4 is 27.3 Å². The third-order valence-electron chi connectivity index (χ3n) is 4.43. The molecule has 1 heterocycles. The van der Waals surface area contributed by atoms with Crippen LogP contribution in [-0.2, 0) is 16.4 Å². The van der Waals surface area contributed by atoms with Crippen LogP contribution in [0.15, 0.2) is 52.7 Å². The number of carbonyl (C=O) groups is 1. The maximum Gasteiger partial charge on any atom is 0.285 e. The third kappa shape index (κ3) is 4.46. The Bertz CT molecular complexity index is 1100. The second-order valence-electron chi connectivity index (χ2n) is 6.39. The van der Waals surface area contributed by atoms with Gasteiger partial charge in [0.25, 0.3) is 15.9 Å². The molecule has 0 radical (unpaired) electrons. The van der Waals surface area contributed by atoms with Gasteiger partial charge in [-0.3, -0.25) is 10.2 Å². The molecule has 0 fully saturated rings. The molecule has 1 amide bonds. The van der Waals surface area contributed by atoms with E-state index in [-0.39, 0.29) is 10.6 Å². The van der Waals surface area contributed by atoms with Gasteiger partial charge in [0.15, 0.2) is 0 Å². The van der Waals surface area contributed by atoms with E-state index >= 15 is 0 Å². The highest BCUT2D eigenvalue weighted by atomic mass is 32.2. The van der Waals surface area contributed by atoms with Crippen molar-refractivity contribution in [2.24, 2.45) is 0 Å². The SMILES string of the molecule is CCc1ccc(-c2nc(C(=O)NNS(=O)(=O)c3ccc(C)c(C)c3)cs2)cc1. The quantitative estimate of drug-likeness (QED) is 0.602. The van der Waals surface area contributed by atoms with Crippen LogP contribution < -0.4 is 10.3 Å². The van der Waals surface area contributed by atoms with Crippen molar-refractivity contribution in [2.45, 2.75) is 32.1 Å². The molecule has 0 bridgehead atoms. The smallest absolute Gasteiger partial charge is 0.272 e. The summed E-state index contributed by atoms with van der Waals surface area (Å²) >= 11 is 1.33. The topological polar surface area (TPSA) is 88.2 Å². The van der Waals surface area contributed by atoms with Crippen molar-refractivity contribution in [3.8, 4) is 10.6 Å². The summed E-state index contributed by atoms with van der Waals surface area (Å²) in [6, 6.07) is 12.7. The molecule has 146 valence electrons. The van der Waals surface area contributed by atoms with E-state index in [0.717, 1.165) is 23.1 Å². The maximum atomic E-state index is 12.4. The number of nitrogens with zero attached hydrogens (tertiary/aromatic N) is 1. The van der Waals surface area contributed by atoms with Crippen LogP contribution in [0.2, 0.25) is 0 Å². The molecule has 0 aliphatic rings. The summed E-state index contributed by atoms with van der Waals surface area (Å²) in [6.45, 7) is 5.81. The largest absolute Gasteiger partial charge is 0.285 e. The molecule has 3 aromatic rings. The van der Waals surface area contributed by atoms with E-state index in [1.165, 1.54) is 23.0 Å². The number of thiazole rings is 1. The summed E-state index contributed by atoms with van der Waals surface area (Å²) in [4.78, 5) is 18.8. The Balaban J connectivity index is 1.69. The number of sulfonamides is 1. The monoisotopic (exact) mass is 415 g/mol. The molecule has 1 aromatic heterocycles. The fraction of sp³-hybridized carbons (Fsp3) is 0.200. The van der Waals surface area contributed by atoms with Crippen LogP contribution in [0.25, 0.3) is 10.6 Å². The van der Waals surface area contributed by atoms with Crippen molar-refractivity contribution in [2.75, 3.05) is 0 Å². The number of nitrogens with one attached hydrogen (secondary N) is 2. The van der Waals surface area contributed by atoms with Crippen LogP contribution in [0.5, 0.6) is 0 Å². The minimum absolute atomic E-state index is 0.0888. The van der Waals surface area contributed by atoms with Crippen LogP contribution >= 0.6 is 11.3 Å². The van der Waals surface area contributed by atoms with Crippen LogP contribution in [0, 0.1) is 13.8 Å². The van der Waals surface area contributed by atoms with Crippen molar-refractivity contribution in [3.63, 3.8) is 0 Å². The van der Waals surface area contributed by atoms with E-state index in [4.69, 9.17) is 0 Å². The lowest BCUT2D eigenvalue weighted by Crippen LogP contribution is -2.41. The Morgan fingerprint density at radius 1 is 1.07 bits per heavy atom. The van der Waals surface area contributed by atoms with Crippen molar-refractivity contribution in [1.29, 1.82) is 0 Å². The van der Waals surface area contributed by atoms with Gasteiger partial charge in [0.2, 0.25) is 0 Å². The van der Waals surface area contributed by atoms with Gasteiger partial charge in [0.1, 0.15) is 10.7 Å². The van der Waals surface area contributed by atoms with Crippen molar-refractivity contribution in [1.82, 2.24) is 15.2 Å². The molecule has 0 saturated carbocycles. The van der Waals surface area contributed by atoms with Gasteiger partial charge in [-0.2, -0.15) is 0 Å². The third-order valence-corrected chi connectivity index (χ3v) is 6.57. The summed E-state index contributed by atoms with van der Waals surface area (Å²) in [5, 5.41) is 2.30. The molecule has 6 nitrogen and oxygen atoms in total. The average molecular weight is 416 g/mol. The number of aryl methyl sites for hydroxylation is 3. The van der Waals surface area contributed by atoms with E-state index in [2.05, 4.69) is 22.2 Å². The molecule has 2 aromatic carbocycles. The van der Waals surface area contributed by atoms with E-state index in [1.807, 2.05) is 38.1 Å². The Kier molecular flexibility index (Phi) is 5.93. The highest BCUT2D eigenvalue weighted by Gasteiger charge is 2.18. The molecule has 0 aliphatic carbocycles. The van der Waals surface area contributed by atoms with E-state index in [1.54, 1.807) is 17.5 Å². The van der Waals surface area contributed by atoms with Crippen LogP contribution in [0.4, 0.5) is 0 Å². The Morgan fingerprint density at radius 3 is 2.43 bits per heavy atom. The molecule has 2 N–H and O–H groups in total. The van der Waals surface area contributed by atoms with Gasteiger partial charge in [-0.1, -0.05) is 37.3 Å². The number of carbonyl (C=O) groups excluding carboxylic acids is 1. The number of aromatic nitrogens is 1. The van der Waals surface area contributed by atoms with Crippen LogP contribution in [0.1, 0.15) is 34.1 Å². The predicted octanol–water partition coefficient (Wildman–Crippen LogP) is 3.61. The molecule has 3 rings (SSSR count). The van der Waals surface area contributed by atoms with Gasteiger partial charge in [-0.05, 0) is 49.1 Å². The van der Waals surface area contributed by atoms with E-state index < -0.39 is 15.9 Å². The van der Waals surface area contributed by atoms with E-state index in [9.17, 15) is 13.2 Å². The number of hydrogen-bond acceptors (Lipinski definition) is 5. The Morgan fingerprint density at radius 2 is 1.79 bits per heavy atom. The molecule has 0 unspecified atom stereocenters. The molecule has 0 atom stereocenters. The zero-order valence-corrected chi connectivity index (χ0v) is 17.4. The van der Waals surface area contributed by atoms with Crippen LogP contribution in [-0.4, -0.2) is 19.3 Å². The summed E-state index contributed by atoms with van der Waals surface area (Å²) in [5.74, 6) is -0.611. The van der Waals surface area contributed by atoms with E-state index in [0.29, 0.717) is 5.01 Å².